The van der Waals surface area contributed by atoms with Crippen LogP contribution in [0.3, 0.4) is 0 Å². The Hall–Kier alpha value is -0.320. The zero-order valence-electron chi connectivity index (χ0n) is 13.1. The summed E-state index contributed by atoms with van der Waals surface area (Å²) in [5.74, 6) is 0.948. The number of piperidine rings is 1. The normalized spacial score (nSPS) is 28.9. The van der Waals surface area contributed by atoms with E-state index in [0.717, 1.165) is 38.4 Å². The van der Waals surface area contributed by atoms with Crippen LogP contribution in [0.25, 0.3) is 0 Å². The monoisotopic (exact) mass is 304 g/mol. The van der Waals surface area contributed by atoms with Gasteiger partial charge in [-0.15, -0.1) is 12.4 Å². The molecule has 0 bridgehead atoms. The minimum absolute atomic E-state index is 0. The smallest absolute Gasteiger partial charge is 0.242 e. The first-order chi connectivity index (χ1) is 8.89. The summed E-state index contributed by atoms with van der Waals surface area (Å²) in [5.41, 5.74) is 0.356. The molecular formula is C15H29ClN2O2. The molecule has 2 heterocycles. The van der Waals surface area contributed by atoms with Crippen molar-refractivity contribution in [2.24, 2.45) is 11.3 Å². The van der Waals surface area contributed by atoms with Gasteiger partial charge in [0.2, 0.25) is 5.91 Å². The summed E-state index contributed by atoms with van der Waals surface area (Å²) in [5, 5.41) is 3.29. The lowest BCUT2D eigenvalue weighted by atomic mass is 9.75. The van der Waals surface area contributed by atoms with Crippen LogP contribution in [0.4, 0.5) is 0 Å². The van der Waals surface area contributed by atoms with Crippen LogP contribution >= 0.6 is 12.4 Å². The van der Waals surface area contributed by atoms with Crippen LogP contribution < -0.4 is 5.32 Å². The van der Waals surface area contributed by atoms with Gasteiger partial charge in [0.25, 0.3) is 0 Å². The number of nitrogens with one attached hydrogen (secondary N) is 1. The van der Waals surface area contributed by atoms with Crippen molar-refractivity contribution in [3.8, 4) is 0 Å². The topological polar surface area (TPSA) is 41.6 Å². The second kappa shape index (κ2) is 7.10. The van der Waals surface area contributed by atoms with E-state index >= 15 is 0 Å². The number of halogens is 1. The Morgan fingerprint density at radius 1 is 1.25 bits per heavy atom. The summed E-state index contributed by atoms with van der Waals surface area (Å²) in [6, 6.07) is -0.153. The molecule has 0 aromatic rings. The molecule has 2 saturated heterocycles. The maximum atomic E-state index is 12.5. The lowest BCUT2D eigenvalue weighted by Gasteiger charge is -2.41. The number of carbonyl (C=O) groups is 1. The fraction of sp³-hybridized carbons (Fsp3) is 0.933. The number of hydrogen-bond acceptors (Lipinski definition) is 3. The molecule has 1 amide bonds. The second-order valence-electron chi connectivity index (χ2n) is 6.97. The molecule has 0 aromatic carbocycles. The number of amides is 1. The van der Waals surface area contributed by atoms with E-state index in [0.29, 0.717) is 12.0 Å². The van der Waals surface area contributed by atoms with Gasteiger partial charge < -0.3 is 15.0 Å². The van der Waals surface area contributed by atoms with Gasteiger partial charge in [-0.05, 0) is 31.1 Å². The average molecular weight is 305 g/mol. The largest absolute Gasteiger partial charge is 0.375 e. The molecule has 5 heteroatoms. The molecular weight excluding hydrogens is 276 g/mol. The number of morpholine rings is 1. The van der Waals surface area contributed by atoms with Crippen LogP contribution in [0.2, 0.25) is 0 Å². The summed E-state index contributed by atoms with van der Waals surface area (Å²) >= 11 is 0. The molecule has 20 heavy (non-hydrogen) atoms. The lowest BCUT2D eigenvalue weighted by Crippen LogP contribution is -2.57. The standard InChI is InChI=1S/C15H28N2O2.ClH/c1-11-13(16-7-10-19-11)14(18)17-8-5-12(6-9-17)15(2,3)4;/h11-13,16H,5-10H2,1-4H3;1H/t11-,13+;/m1./s1. The predicted molar refractivity (Wildman–Crippen MR) is 83.2 cm³/mol. The highest BCUT2D eigenvalue weighted by molar-refractivity contribution is 5.85. The Kier molecular flexibility index (Phi) is 6.29. The van der Waals surface area contributed by atoms with Crippen molar-refractivity contribution in [2.75, 3.05) is 26.2 Å². The maximum Gasteiger partial charge on any atom is 0.242 e. The van der Waals surface area contributed by atoms with E-state index in [9.17, 15) is 4.79 Å². The number of nitrogens with zero attached hydrogens (tertiary/aromatic N) is 1. The van der Waals surface area contributed by atoms with Crippen LogP contribution in [0.5, 0.6) is 0 Å². The quantitative estimate of drug-likeness (QED) is 0.806. The summed E-state index contributed by atoms with van der Waals surface area (Å²) in [7, 11) is 0. The van der Waals surface area contributed by atoms with Crippen LogP contribution in [0, 0.1) is 11.3 Å². The Morgan fingerprint density at radius 2 is 1.85 bits per heavy atom. The van der Waals surface area contributed by atoms with Gasteiger partial charge in [-0.2, -0.15) is 0 Å². The number of ether oxygens (including phenoxy) is 1. The summed E-state index contributed by atoms with van der Waals surface area (Å²) in [4.78, 5) is 14.5. The fourth-order valence-corrected chi connectivity index (χ4v) is 3.17. The Bertz CT molecular complexity index is 322. The van der Waals surface area contributed by atoms with E-state index in [2.05, 4.69) is 26.1 Å². The number of likely N-dealkylation sites (tertiary alicyclic amines) is 1. The van der Waals surface area contributed by atoms with Crippen LogP contribution in [0.15, 0.2) is 0 Å². The Balaban J connectivity index is 0.00000200. The first-order valence-corrected chi connectivity index (χ1v) is 7.53. The SMILES string of the molecule is C[C@H]1OCCN[C@@H]1C(=O)N1CCC(C(C)(C)C)CC1.Cl. The molecule has 2 aliphatic heterocycles. The minimum atomic E-state index is -0.153. The average Bonchev–Trinajstić information content (AvgIpc) is 2.38. The molecule has 2 fully saturated rings. The Labute approximate surface area is 129 Å². The maximum absolute atomic E-state index is 12.5. The summed E-state index contributed by atoms with van der Waals surface area (Å²) in [6.07, 6.45) is 2.23. The Morgan fingerprint density at radius 3 is 2.35 bits per heavy atom. The molecule has 1 N–H and O–H groups in total. The highest BCUT2D eigenvalue weighted by Gasteiger charge is 2.35. The van der Waals surface area contributed by atoms with Crippen molar-refractivity contribution < 1.29 is 9.53 Å². The van der Waals surface area contributed by atoms with Crippen LogP contribution in [-0.2, 0) is 9.53 Å². The van der Waals surface area contributed by atoms with Gasteiger partial charge in [0.15, 0.2) is 0 Å². The molecule has 4 nitrogen and oxygen atoms in total. The molecule has 2 atom stereocenters. The van der Waals surface area contributed by atoms with Gasteiger partial charge >= 0.3 is 0 Å². The molecule has 0 aromatic heterocycles. The van der Waals surface area contributed by atoms with Crippen molar-refractivity contribution in [2.45, 2.75) is 52.7 Å². The van der Waals surface area contributed by atoms with Crippen molar-refractivity contribution in [3.05, 3.63) is 0 Å². The van der Waals surface area contributed by atoms with Crippen LogP contribution in [-0.4, -0.2) is 49.2 Å². The van der Waals surface area contributed by atoms with Gasteiger partial charge in [-0.3, -0.25) is 4.79 Å². The van der Waals surface area contributed by atoms with Gasteiger partial charge in [-0.25, -0.2) is 0 Å². The summed E-state index contributed by atoms with van der Waals surface area (Å²) < 4.78 is 5.57. The third kappa shape index (κ3) is 4.09. The summed E-state index contributed by atoms with van der Waals surface area (Å²) in [6.45, 7) is 12.2. The van der Waals surface area contributed by atoms with Crippen molar-refractivity contribution in [1.82, 2.24) is 10.2 Å². The predicted octanol–water partition coefficient (Wildman–Crippen LogP) is 2.07. The van der Waals surface area contributed by atoms with Crippen molar-refractivity contribution in [3.63, 3.8) is 0 Å². The third-order valence-electron chi connectivity index (χ3n) is 4.61. The molecule has 0 spiro atoms. The highest BCUT2D eigenvalue weighted by Crippen LogP contribution is 2.34. The number of rotatable bonds is 1. The lowest BCUT2D eigenvalue weighted by molar-refractivity contribution is -0.141. The third-order valence-corrected chi connectivity index (χ3v) is 4.61. The fourth-order valence-electron chi connectivity index (χ4n) is 3.17. The van der Waals surface area contributed by atoms with Gasteiger partial charge in [0.05, 0.1) is 12.7 Å². The van der Waals surface area contributed by atoms with E-state index in [1.54, 1.807) is 0 Å². The zero-order valence-corrected chi connectivity index (χ0v) is 14.0. The van der Waals surface area contributed by atoms with E-state index < -0.39 is 0 Å². The van der Waals surface area contributed by atoms with Crippen molar-refractivity contribution in [1.29, 1.82) is 0 Å². The van der Waals surface area contributed by atoms with E-state index in [-0.39, 0.29) is 30.5 Å². The molecule has 118 valence electrons. The van der Waals surface area contributed by atoms with Gasteiger partial charge in [0.1, 0.15) is 6.04 Å². The van der Waals surface area contributed by atoms with Crippen LogP contribution in [0.1, 0.15) is 40.5 Å². The van der Waals surface area contributed by atoms with E-state index in [1.807, 2.05) is 11.8 Å². The zero-order chi connectivity index (χ0) is 14.0. The molecule has 2 aliphatic rings. The first-order valence-electron chi connectivity index (χ1n) is 7.53. The van der Waals surface area contributed by atoms with Gasteiger partial charge in [-0.1, -0.05) is 20.8 Å². The van der Waals surface area contributed by atoms with Gasteiger partial charge in [0, 0.05) is 19.6 Å². The minimum Gasteiger partial charge on any atom is -0.375 e. The second-order valence-corrected chi connectivity index (χ2v) is 6.97. The van der Waals surface area contributed by atoms with Crippen molar-refractivity contribution >= 4 is 18.3 Å². The molecule has 0 saturated carbocycles. The highest BCUT2D eigenvalue weighted by atomic mass is 35.5. The molecule has 0 radical (unpaired) electrons. The van der Waals surface area contributed by atoms with E-state index in [1.165, 1.54) is 0 Å². The first kappa shape index (κ1) is 17.7. The molecule has 0 aliphatic carbocycles. The number of hydrogen-bond donors (Lipinski definition) is 1. The van der Waals surface area contributed by atoms with E-state index in [4.69, 9.17) is 4.74 Å². The molecule has 0 unspecified atom stereocenters. The number of carbonyl (C=O) groups excluding carboxylic acids is 1. The molecule has 2 rings (SSSR count).